The molecule has 0 fully saturated rings. The Bertz CT molecular complexity index is 640. The Morgan fingerprint density at radius 3 is 1.91 bits per heavy atom. The predicted octanol–water partition coefficient (Wildman–Crippen LogP) is 2.06. The number of carboxylic acid groups (broad SMARTS) is 1. The van der Waals surface area contributed by atoms with Crippen LogP contribution in [0.5, 0.6) is 0 Å². The zero-order chi connectivity index (χ0) is 25.4. The van der Waals surface area contributed by atoms with Gasteiger partial charge in [-0.2, -0.15) is 0 Å². The molecule has 3 N–H and O–H groups in total. The summed E-state index contributed by atoms with van der Waals surface area (Å²) in [5, 5.41) is 8.32. The lowest BCUT2D eigenvalue weighted by atomic mass is 9.91. The molecule has 0 amide bonds. The number of phosphoric ester groups is 1. The average Bonchev–Trinajstić information content (AvgIpc) is 2.71. The maximum Gasteiger partial charge on any atom is 0.469 e. The normalized spacial score (nSPS) is 12.1. The van der Waals surface area contributed by atoms with E-state index in [4.69, 9.17) is 24.4 Å². The van der Waals surface area contributed by atoms with Gasteiger partial charge in [-0.25, -0.2) is 4.57 Å². The number of hydrogen-bond acceptors (Lipinski definition) is 9. The smallest absolute Gasteiger partial charge is 0.469 e. The molecule has 1 atom stereocenters. The molecule has 0 aromatic carbocycles. The van der Waals surface area contributed by atoms with E-state index in [-0.39, 0.29) is 51.2 Å². The Balaban J connectivity index is 0. The Morgan fingerprint density at radius 1 is 0.906 bits per heavy atom. The molecule has 0 aliphatic rings. The first kappa shape index (κ1) is 32.2. The van der Waals surface area contributed by atoms with Crippen molar-refractivity contribution in [2.24, 2.45) is 11.3 Å². The summed E-state index contributed by atoms with van der Waals surface area (Å²) in [7, 11) is -4.46. The van der Waals surface area contributed by atoms with Crippen molar-refractivity contribution in [1.82, 2.24) is 0 Å². The number of carboxylic acids is 1. The Morgan fingerprint density at radius 2 is 1.44 bits per heavy atom. The maximum atomic E-state index is 11.3. The van der Waals surface area contributed by atoms with Crippen LogP contribution in [0.25, 0.3) is 0 Å². The first-order valence-electron chi connectivity index (χ1n) is 10.1. The first-order valence-corrected chi connectivity index (χ1v) is 11.6. The van der Waals surface area contributed by atoms with Crippen molar-refractivity contribution < 1.29 is 57.4 Å². The van der Waals surface area contributed by atoms with Gasteiger partial charge in [0.2, 0.25) is 0 Å². The number of esters is 3. The number of aliphatic carboxylic acids is 1. The molecule has 1 unspecified atom stereocenters. The highest BCUT2D eigenvalue weighted by atomic mass is 31.2. The summed E-state index contributed by atoms with van der Waals surface area (Å²) < 4.78 is 28.7. The predicted molar refractivity (Wildman–Crippen MR) is 111 cm³/mol. The second-order valence-corrected chi connectivity index (χ2v) is 8.53. The van der Waals surface area contributed by atoms with Gasteiger partial charge in [-0.3, -0.25) is 23.7 Å². The van der Waals surface area contributed by atoms with Gasteiger partial charge in [0.05, 0.1) is 30.8 Å². The van der Waals surface area contributed by atoms with Crippen molar-refractivity contribution in [1.29, 1.82) is 0 Å². The fraction of sp³-hybridized carbons (Fsp3) is 0.789. The molecule has 0 rings (SSSR count). The molecule has 13 heteroatoms. The van der Waals surface area contributed by atoms with E-state index in [0.717, 1.165) is 0 Å². The summed E-state index contributed by atoms with van der Waals surface area (Å²) in [4.78, 5) is 60.3. The number of carbonyl (C=O) groups is 4. The second kappa shape index (κ2) is 16.6. The molecule has 0 aromatic heterocycles. The first-order chi connectivity index (χ1) is 14.7. The van der Waals surface area contributed by atoms with Gasteiger partial charge in [0.1, 0.15) is 19.8 Å². The summed E-state index contributed by atoms with van der Waals surface area (Å²) in [5.41, 5.74) is -0.581. The largest absolute Gasteiger partial charge is 0.481 e. The Labute approximate surface area is 187 Å². The summed E-state index contributed by atoms with van der Waals surface area (Å²) in [5.74, 6) is -2.55. The quantitative estimate of drug-likeness (QED) is 0.141. The molecule has 0 spiro atoms. The maximum absolute atomic E-state index is 11.3. The van der Waals surface area contributed by atoms with Crippen LogP contribution in [0.2, 0.25) is 0 Å². The number of carbonyl (C=O) groups excluding carboxylic acids is 3. The third-order valence-corrected chi connectivity index (χ3v) is 4.68. The van der Waals surface area contributed by atoms with Crippen LogP contribution in [0.4, 0.5) is 0 Å². The average molecular weight is 486 g/mol. The molecule has 188 valence electrons. The van der Waals surface area contributed by atoms with E-state index in [1.54, 1.807) is 20.8 Å². The van der Waals surface area contributed by atoms with Crippen LogP contribution in [-0.2, 0) is 42.5 Å². The van der Waals surface area contributed by atoms with E-state index in [0.29, 0.717) is 12.8 Å². The number of phosphoric acid groups is 1. The molecular weight excluding hydrogens is 451 g/mol. The monoisotopic (exact) mass is 486 g/mol. The fourth-order valence-corrected chi connectivity index (χ4v) is 1.83. The zero-order valence-corrected chi connectivity index (χ0v) is 20.1. The lowest BCUT2D eigenvalue weighted by molar-refractivity contribution is -0.155. The summed E-state index contributed by atoms with van der Waals surface area (Å²) in [6.45, 7) is 8.44. The molecule has 0 radical (unpaired) electrons. The molecule has 0 bridgehead atoms. The van der Waals surface area contributed by atoms with Gasteiger partial charge in [-0.1, -0.05) is 20.8 Å². The van der Waals surface area contributed by atoms with Crippen LogP contribution in [0, 0.1) is 11.3 Å². The highest BCUT2D eigenvalue weighted by Crippen LogP contribution is 2.35. The van der Waals surface area contributed by atoms with Gasteiger partial charge in [0, 0.05) is 0 Å². The summed E-state index contributed by atoms with van der Waals surface area (Å²) >= 11 is 0. The molecule has 0 saturated carbocycles. The standard InChI is InChI=1S/C11H18O6.C8H17O6P/c1-3-8(2)11(15)17-7-6-16-10(14)5-4-9(12)13;1-4-8(2,3)7(9)13-5-6-14-15(10,11)12/h8H,3-7H2,1-2H3,(H,12,13);4-6H2,1-3H3,(H2,10,11,12). The highest BCUT2D eigenvalue weighted by Gasteiger charge is 2.27. The third-order valence-electron chi connectivity index (χ3n) is 4.16. The van der Waals surface area contributed by atoms with Crippen molar-refractivity contribution in [2.75, 3.05) is 26.4 Å². The number of hydrogen-bond donors (Lipinski definition) is 3. The van der Waals surface area contributed by atoms with Gasteiger partial charge < -0.3 is 29.1 Å². The third kappa shape index (κ3) is 18.7. The second-order valence-electron chi connectivity index (χ2n) is 7.29. The lowest BCUT2D eigenvalue weighted by Gasteiger charge is -2.20. The van der Waals surface area contributed by atoms with Gasteiger partial charge in [0.25, 0.3) is 0 Å². The zero-order valence-electron chi connectivity index (χ0n) is 19.2. The molecule has 0 aliphatic carbocycles. The van der Waals surface area contributed by atoms with Crippen LogP contribution < -0.4 is 0 Å². The van der Waals surface area contributed by atoms with Crippen molar-refractivity contribution in [3.05, 3.63) is 0 Å². The van der Waals surface area contributed by atoms with E-state index >= 15 is 0 Å². The highest BCUT2D eigenvalue weighted by molar-refractivity contribution is 7.46. The van der Waals surface area contributed by atoms with Crippen LogP contribution in [0.15, 0.2) is 0 Å². The summed E-state index contributed by atoms with van der Waals surface area (Å²) in [6, 6.07) is 0. The van der Waals surface area contributed by atoms with Crippen LogP contribution >= 0.6 is 7.82 Å². The minimum absolute atomic E-state index is 0.00197. The minimum atomic E-state index is -4.46. The van der Waals surface area contributed by atoms with Gasteiger partial charge in [-0.05, 0) is 26.7 Å². The van der Waals surface area contributed by atoms with E-state index in [2.05, 4.69) is 9.26 Å². The molecule has 12 nitrogen and oxygen atoms in total. The topological polar surface area (TPSA) is 183 Å². The van der Waals surface area contributed by atoms with Gasteiger partial charge in [-0.15, -0.1) is 0 Å². The van der Waals surface area contributed by atoms with E-state index in [9.17, 15) is 23.7 Å². The van der Waals surface area contributed by atoms with Crippen molar-refractivity contribution in [3.8, 4) is 0 Å². The molecule has 0 aromatic rings. The van der Waals surface area contributed by atoms with Crippen LogP contribution in [-0.4, -0.2) is 65.2 Å². The van der Waals surface area contributed by atoms with Crippen LogP contribution in [0.3, 0.4) is 0 Å². The van der Waals surface area contributed by atoms with Gasteiger partial charge >= 0.3 is 31.7 Å². The van der Waals surface area contributed by atoms with Crippen molar-refractivity contribution in [3.63, 3.8) is 0 Å². The Kier molecular flexibility index (Phi) is 16.7. The van der Waals surface area contributed by atoms with E-state index in [1.807, 2.05) is 13.8 Å². The van der Waals surface area contributed by atoms with E-state index in [1.165, 1.54) is 0 Å². The van der Waals surface area contributed by atoms with Gasteiger partial charge in [0.15, 0.2) is 0 Å². The molecule has 0 aliphatic heterocycles. The minimum Gasteiger partial charge on any atom is -0.481 e. The van der Waals surface area contributed by atoms with Crippen LogP contribution in [0.1, 0.15) is 60.3 Å². The summed E-state index contributed by atoms with van der Waals surface area (Å²) in [6.07, 6.45) is 0.891. The van der Waals surface area contributed by atoms with Crippen molar-refractivity contribution in [2.45, 2.75) is 60.3 Å². The molecule has 32 heavy (non-hydrogen) atoms. The molecule has 0 heterocycles. The number of ether oxygens (including phenoxy) is 3. The number of rotatable bonds is 14. The lowest BCUT2D eigenvalue weighted by Crippen LogP contribution is -2.26. The Hall–Kier alpha value is -2.01. The SMILES string of the molecule is CCC(C)(C)C(=O)OCCOP(=O)(O)O.CCC(C)C(=O)OCCOC(=O)CCC(=O)O. The molecular formula is C19H35O12P. The van der Waals surface area contributed by atoms with Crippen molar-refractivity contribution >= 4 is 31.7 Å². The fourth-order valence-electron chi connectivity index (χ4n) is 1.52. The molecule has 0 saturated heterocycles. The van der Waals surface area contributed by atoms with E-state index < -0.39 is 31.1 Å².